The average molecular weight is 412 g/mol. The molecule has 0 aliphatic carbocycles. The topological polar surface area (TPSA) is 138 Å². The highest BCUT2D eigenvalue weighted by Crippen LogP contribution is 2.34. The predicted octanol–water partition coefficient (Wildman–Crippen LogP) is 2.46. The van der Waals surface area contributed by atoms with Gasteiger partial charge in [-0.3, -0.25) is 10.2 Å². The van der Waals surface area contributed by atoms with Crippen molar-refractivity contribution in [2.75, 3.05) is 18.5 Å². The summed E-state index contributed by atoms with van der Waals surface area (Å²) < 4.78 is 5.81. The highest BCUT2D eigenvalue weighted by atomic mass is 16.5. The van der Waals surface area contributed by atoms with Crippen molar-refractivity contribution in [2.45, 2.75) is 32.7 Å². The van der Waals surface area contributed by atoms with Crippen molar-refractivity contribution in [3.8, 4) is 5.75 Å². The van der Waals surface area contributed by atoms with Gasteiger partial charge in [0, 0.05) is 23.7 Å². The lowest BCUT2D eigenvalue weighted by molar-refractivity contribution is -0.142. The van der Waals surface area contributed by atoms with Crippen LogP contribution in [0.4, 0.5) is 5.69 Å². The summed E-state index contributed by atoms with van der Waals surface area (Å²) in [4.78, 5) is 23.4. The lowest BCUT2D eigenvalue weighted by Crippen LogP contribution is -2.41. The molecule has 1 amide bonds. The molecule has 0 aromatic heterocycles. The molecule has 1 unspecified atom stereocenters. The Morgan fingerprint density at radius 3 is 2.40 bits per heavy atom. The fourth-order valence-electron chi connectivity index (χ4n) is 2.96. The zero-order valence-electron chi connectivity index (χ0n) is 17.4. The number of hydrogen-bond acceptors (Lipinski definition) is 5. The van der Waals surface area contributed by atoms with Crippen LogP contribution in [0.15, 0.2) is 42.5 Å². The third-order valence-corrected chi connectivity index (χ3v) is 4.74. The van der Waals surface area contributed by atoms with Crippen molar-refractivity contribution >= 4 is 23.4 Å². The number of nitrogens with one attached hydrogen (secondary N) is 3. The van der Waals surface area contributed by atoms with E-state index in [0.717, 1.165) is 12.0 Å². The third kappa shape index (κ3) is 5.50. The van der Waals surface area contributed by atoms with Crippen LogP contribution in [0.2, 0.25) is 0 Å². The summed E-state index contributed by atoms with van der Waals surface area (Å²) in [6.45, 7) is 5.51. The molecule has 30 heavy (non-hydrogen) atoms. The number of amidine groups is 1. The Labute approximate surface area is 175 Å². The number of benzene rings is 2. The van der Waals surface area contributed by atoms with Gasteiger partial charge in [0.1, 0.15) is 18.2 Å². The number of hydrogen-bond donors (Lipinski definition) is 5. The molecule has 0 aliphatic heterocycles. The summed E-state index contributed by atoms with van der Waals surface area (Å²) in [6, 6.07) is 12.1. The second kappa shape index (κ2) is 9.78. The largest absolute Gasteiger partial charge is 0.491 e. The van der Waals surface area contributed by atoms with E-state index in [9.17, 15) is 14.7 Å². The summed E-state index contributed by atoms with van der Waals surface area (Å²) in [5.74, 6) is -0.868. The molecule has 0 saturated heterocycles. The van der Waals surface area contributed by atoms with E-state index in [0.29, 0.717) is 29.1 Å². The molecular weight excluding hydrogens is 384 g/mol. The van der Waals surface area contributed by atoms with Crippen molar-refractivity contribution < 1.29 is 19.4 Å². The molecule has 160 valence electrons. The summed E-state index contributed by atoms with van der Waals surface area (Å²) in [6.07, 6.45) is 0.738. The summed E-state index contributed by atoms with van der Waals surface area (Å²) in [5.41, 5.74) is 6.57. The summed E-state index contributed by atoms with van der Waals surface area (Å²) in [5, 5.41) is 23.3. The van der Waals surface area contributed by atoms with E-state index >= 15 is 0 Å². The van der Waals surface area contributed by atoms with Gasteiger partial charge in [-0.05, 0) is 55.3 Å². The number of carbonyl (C=O) groups is 2. The van der Waals surface area contributed by atoms with Crippen molar-refractivity contribution in [1.29, 1.82) is 5.41 Å². The van der Waals surface area contributed by atoms with Crippen molar-refractivity contribution in [3.63, 3.8) is 0 Å². The monoisotopic (exact) mass is 412 g/mol. The van der Waals surface area contributed by atoms with Gasteiger partial charge in [0.05, 0.1) is 6.54 Å². The normalized spacial score (nSPS) is 12.5. The SMILES string of the molecule is CCc1ccc(OCCNC(C)=O)c(C(C)(Nc2ccc(C(=N)N)cc2)C(=O)O)c1. The van der Waals surface area contributed by atoms with Crippen molar-refractivity contribution in [3.05, 3.63) is 59.2 Å². The first-order chi connectivity index (χ1) is 14.2. The van der Waals surface area contributed by atoms with E-state index in [1.165, 1.54) is 6.92 Å². The van der Waals surface area contributed by atoms with Crippen LogP contribution in [0.5, 0.6) is 5.75 Å². The maximum atomic E-state index is 12.3. The number of aryl methyl sites for hydroxylation is 1. The van der Waals surface area contributed by atoms with E-state index in [-0.39, 0.29) is 18.3 Å². The Kier molecular flexibility index (Phi) is 7.41. The smallest absolute Gasteiger partial charge is 0.333 e. The highest BCUT2D eigenvalue weighted by molar-refractivity contribution is 5.95. The van der Waals surface area contributed by atoms with Gasteiger partial charge in [0.2, 0.25) is 5.91 Å². The van der Waals surface area contributed by atoms with Crippen LogP contribution in [0.3, 0.4) is 0 Å². The first-order valence-electron chi connectivity index (χ1n) is 9.64. The minimum absolute atomic E-state index is 0.0620. The molecule has 8 nitrogen and oxygen atoms in total. The number of ether oxygens (including phenoxy) is 1. The number of carbonyl (C=O) groups excluding carboxylic acids is 1. The number of rotatable bonds is 10. The standard InChI is InChI=1S/C22H28N4O4/c1-4-15-5-10-19(30-12-11-25-14(2)27)18(13-15)22(3,21(28)29)26-17-8-6-16(7-9-17)20(23)24/h5-10,13,26H,4,11-12H2,1-3H3,(H3,23,24)(H,25,27)(H,28,29). The zero-order valence-corrected chi connectivity index (χ0v) is 17.4. The van der Waals surface area contributed by atoms with E-state index in [4.69, 9.17) is 15.9 Å². The van der Waals surface area contributed by atoms with Crippen LogP contribution in [-0.4, -0.2) is 36.0 Å². The Morgan fingerprint density at radius 1 is 1.20 bits per heavy atom. The van der Waals surface area contributed by atoms with Gasteiger partial charge in [-0.1, -0.05) is 13.0 Å². The Balaban J connectivity index is 2.38. The molecule has 1 atom stereocenters. The van der Waals surface area contributed by atoms with Crippen LogP contribution in [0.1, 0.15) is 37.5 Å². The molecule has 0 heterocycles. The van der Waals surface area contributed by atoms with Crippen molar-refractivity contribution in [2.24, 2.45) is 5.73 Å². The van der Waals surface area contributed by atoms with Gasteiger partial charge < -0.3 is 26.2 Å². The van der Waals surface area contributed by atoms with Crippen LogP contribution in [0, 0.1) is 5.41 Å². The first-order valence-corrected chi connectivity index (χ1v) is 9.64. The van der Waals surface area contributed by atoms with E-state index in [1.807, 2.05) is 19.1 Å². The molecule has 0 aliphatic rings. The van der Waals surface area contributed by atoms with Crippen molar-refractivity contribution in [1.82, 2.24) is 5.32 Å². The Bertz CT molecular complexity index is 927. The number of carboxylic acid groups (broad SMARTS) is 1. The fraction of sp³-hybridized carbons (Fsp3) is 0.318. The summed E-state index contributed by atoms with van der Waals surface area (Å²) >= 11 is 0. The first kappa shape index (κ1) is 22.7. The molecular formula is C22H28N4O4. The fourth-order valence-corrected chi connectivity index (χ4v) is 2.96. The maximum absolute atomic E-state index is 12.3. The molecule has 0 fully saturated rings. The van der Waals surface area contributed by atoms with E-state index in [1.54, 1.807) is 37.3 Å². The minimum atomic E-state index is -1.48. The Morgan fingerprint density at radius 2 is 1.87 bits per heavy atom. The van der Waals surface area contributed by atoms with Gasteiger partial charge in [0.25, 0.3) is 0 Å². The molecule has 2 aromatic carbocycles. The number of anilines is 1. The maximum Gasteiger partial charge on any atom is 0.333 e. The second-order valence-electron chi connectivity index (χ2n) is 7.06. The van der Waals surface area contributed by atoms with Gasteiger partial charge in [-0.2, -0.15) is 0 Å². The number of nitrogens with two attached hydrogens (primary N) is 1. The molecule has 2 aromatic rings. The van der Waals surface area contributed by atoms with Gasteiger partial charge in [0.15, 0.2) is 5.54 Å². The van der Waals surface area contributed by atoms with Crippen LogP contribution >= 0.6 is 0 Å². The van der Waals surface area contributed by atoms with Crippen LogP contribution < -0.4 is 21.1 Å². The van der Waals surface area contributed by atoms with Crippen LogP contribution in [0.25, 0.3) is 0 Å². The quantitative estimate of drug-likeness (QED) is 0.231. The molecule has 0 bridgehead atoms. The lowest BCUT2D eigenvalue weighted by Gasteiger charge is -2.30. The number of amides is 1. The molecule has 0 saturated carbocycles. The number of aliphatic carboxylic acids is 1. The van der Waals surface area contributed by atoms with E-state index < -0.39 is 11.5 Å². The Hall–Kier alpha value is -3.55. The molecule has 0 spiro atoms. The zero-order chi connectivity index (χ0) is 22.3. The minimum Gasteiger partial charge on any atom is -0.491 e. The molecule has 6 N–H and O–H groups in total. The average Bonchev–Trinajstić information content (AvgIpc) is 2.71. The summed E-state index contributed by atoms with van der Waals surface area (Å²) in [7, 11) is 0. The van der Waals surface area contributed by atoms with Gasteiger partial charge in [-0.15, -0.1) is 0 Å². The number of nitrogen functional groups attached to an aromatic ring is 1. The second-order valence-corrected chi connectivity index (χ2v) is 7.06. The molecule has 0 radical (unpaired) electrons. The number of carboxylic acids is 1. The van der Waals surface area contributed by atoms with Gasteiger partial charge >= 0.3 is 5.97 Å². The third-order valence-electron chi connectivity index (χ3n) is 4.74. The molecule has 8 heteroatoms. The van der Waals surface area contributed by atoms with Crippen LogP contribution in [-0.2, 0) is 21.5 Å². The lowest BCUT2D eigenvalue weighted by atomic mass is 9.89. The van der Waals surface area contributed by atoms with E-state index in [2.05, 4.69) is 10.6 Å². The predicted molar refractivity (Wildman–Crippen MR) is 116 cm³/mol. The van der Waals surface area contributed by atoms with Gasteiger partial charge in [-0.25, -0.2) is 4.79 Å². The highest BCUT2D eigenvalue weighted by Gasteiger charge is 2.38. The molecule has 2 rings (SSSR count).